The van der Waals surface area contributed by atoms with Gasteiger partial charge < -0.3 is 19.9 Å². The van der Waals surface area contributed by atoms with Crippen molar-refractivity contribution in [2.75, 3.05) is 19.5 Å². The standard InChI is InChI=1S/C19H16N2O5/c1-25-17-10-12(7-8-16(17)22)9-13(11-20)18(23)21-15-6-4-3-5-14(15)19(24)26-2/h3-10,22H,1-2H3,(H,21,23). The average molecular weight is 352 g/mol. The summed E-state index contributed by atoms with van der Waals surface area (Å²) in [5, 5.41) is 21.4. The molecule has 0 saturated carbocycles. The van der Waals surface area contributed by atoms with Crippen LogP contribution in [0.25, 0.3) is 6.08 Å². The number of phenols is 1. The van der Waals surface area contributed by atoms with Gasteiger partial charge in [0.15, 0.2) is 11.5 Å². The van der Waals surface area contributed by atoms with Gasteiger partial charge in [0.05, 0.1) is 25.5 Å². The molecule has 1 amide bonds. The van der Waals surface area contributed by atoms with Crippen LogP contribution in [-0.2, 0) is 9.53 Å². The Morgan fingerprint density at radius 3 is 2.58 bits per heavy atom. The van der Waals surface area contributed by atoms with E-state index < -0.39 is 11.9 Å². The number of benzene rings is 2. The number of esters is 1. The fourth-order valence-electron chi connectivity index (χ4n) is 2.17. The van der Waals surface area contributed by atoms with E-state index >= 15 is 0 Å². The minimum absolute atomic E-state index is 0.0559. The molecule has 7 heteroatoms. The number of anilines is 1. The lowest BCUT2D eigenvalue weighted by Gasteiger charge is -2.09. The molecule has 7 nitrogen and oxygen atoms in total. The Kier molecular flexibility index (Phi) is 5.96. The van der Waals surface area contributed by atoms with E-state index in [0.29, 0.717) is 5.56 Å². The third-order valence-electron chi connectivity index (χ3n) is 3.46. The zero-order valence-corrected chi connectivity index (χ0v) is 14.1. The van der Waals surface area contributed by atoms with Gasteiger partial charge in [-0.3, -0.25) is 4.79 Å². The number of hydrogen-bond donors (Lipinski definition) is 2. The summed E-state index contributed by atoms with van der Waals surface area (Å²) >= 11 is 0. The predicted octanol–water partition coefficient (Wildman–Crippen LogP) is 2.73. The Morgan fingerprint density at radius 2 is 1.92 bits per heavy atom. The summed E-state index contributed by atoms with van der Waals surface area (Å²) in [6.45, 7) is 0. The molecule has 0 aliphatic carbocycles. The van der Waals surface area contributed by atoms with Gasteiger partial charge in [-0.15, -0.1) is 0 Å². The molecule has 0 aliphatic rings. The highest BCUT2D eigenvalue weighted by Gasteiger charge is 2.16. The molecule has 0 spiro atoms. The van der Waals surface area contributed by atoms with E-state index in [0.717, 1.165) is 0 Å². The summed E-state index contributed by atoms with van der Waals surface area (Å²) in [4.78, 5) is 24.2. The van der Waals surface area contributed by atoms with Crippen molar-refractivity contribution in [2.24, 2.45) is 0 Å². The third kappa shape index (κ3) is 4.19. The Balaban J connectivity index is 2.31. The summed E-state index contributed by atoms with van der Waals surface area (Å²) in [7, 11) is 2.63. The second-order valence-electron chi connectivity index (χ2n) is 5.09. The van der Waals surface area contributed by atoms with Crippen molar-refractivity contribution in [1.82, 2.24) is 0 Å². The highest BCUT2D eigenvalue weighted by molar-refractivity contribution is 6.12. The quantitative estimate of drug-likeness (QED) is 0.486. The fourth-order valence-corrected chi connectivity index (χ4v) is 2.17. The number of aromatic hydroxyl groups is 1. The molecule has 26 heavy (non-hydrogen) atoms. The number of hydrogen-bond acceptors (Lipinski definition) is 6. The molecule has 0 radical (unpaired) electrons. The number of nitriles is 1. The predicted molar refractivity (Wildman–Crippen MR) is 94.7 cm³/mol. The summed E-state index contributed by atoms with van der Waals surface area (Å²) in [5.74, 6) is -1.13. The van der Waals surface area contributed by atoms with Crippen molar-refractivity contribution in [3.05, 3.63) is 59.2 Å². The van der Waals surface area contributed by atoms with Crippen LogP contribution in [0.15, 0.2) is 48.0 Å². The maximum absolute atomic E-state index is 12.4. The molecule has 0 aromatic heterocycles. The highest BCUT2D eigenvalue weighted by Crippen LogP contribution is 2.27. The molecule has 0 bridgehead atoms. The molecule has 0 atom stereocenters. The lowest BCUT2D eigenvalue weighted by Crippen LogP contribution is -2.16. The first-order valence-electron chi connectivity index (χ1n) is 7.47. The monoisotopic (exact) mass is 352 g/mol. The van der Waals surface area contributed by atoms with Gasteiger partial charge in [-0.2, -0.15) is 5.26 Å². The summed E-state index contributed by atoms with van der Waals surface area (Å²) in [5.41, 5.74) is 0.714. The Morgan fingerprint density at radius 1 is 1.19 bits per heavy atom. The first-order chi connectivity index (χ1) is 12.5. The van der Waals surface area contributed by atoms with E-state index in [4.69, 9.17) is 4.74 Å². The highest BCUT2D eigenvalue weighted by atomic mass is 16.5. The van der Waals surface area contributed by atoms with E-state index in [1.54, 1.807) is 12.1 Å². The van der Waals surface area contributed by atoms with Gasteiger partial charge in [0.25, 0.3) is 5.91 Å². The van der Waals surface area contributed by atoms with Crippen molar-refractivity contribution in [3.8, 4) is 17.6 Å². The second kappa shape index (κ2) is 8.35. The molecule has 2 rings (SSSR count). The number of carbonyl (C=O) groups is 2. The Hall–Kier alpha value is -3.79. The Labute approximate surface area is 150 Å². The lowest BCUT2D eigenvalue weighted by molar-refractivity contribution is -0.112. The first-order valence-corrected chi connectivity index (χ1v) is 7.47. The maximum Gasteiger partial charge on any atom is 0.339 e. The maximum atomic E-state index is 12.4. The molecule has 2 aromatic rings. The van der Waals surface area contributed by atoms with E-state index in [-0.39, 0.29) is 28.3 Å². The van der Waals surface area contributed by atoms with Crippen molar-refractivity contribution in [3.63, 3.8) is 0 Å². The van der Waals surface area contributed by atoms with Gasteiger partial charge >= 0.3 is 5.97 Å². The van der Waals surface area contributed by atoms with Gasteiger partial charge in [-0.25, -0.2) is 4.79 Å². The molecule has 0 aliphatic heterocycles. The number of carbonyl (C=O) groups excluding carboxylic acids is 2. The van der Waals surface area contributed by atoms with Crippen molar-refractivity contribution in [1.29, 1.82) is 5.26 Å². The SMILES string of the molecule is COC(=O)c1ccccc1NC(=O)C(C#N)=Cc1ccc(O)c(OC)c1. The number of para-hydroxylation sites is 1. The van der Waals surface area contributed by atoms with Crippen LogP contribution < -0.4 is 10.1 Å². The molecule has 0 saturated heterocycles. The largest absolute Gasteiger partial charge is 0.504 e. The number of nitrogens with one attached hydrogen (secondary N) is 1. The minimum atomic E-state index is -0.684. The molecular weight excluding hydrogens is 336 g/mol. The molecule has 0 fully saturated rings. The molecule has 2 aromatic carbocycles. The summed E-state index contributed by atoms with van der Waals surface area (Å²) in [6.07, 6.45) is 1.35. The molecule has 132 valence electrons. The van der Waals surface area contributed by atoms with E-state index in [1.165, 1.54) is 50.6 Å². The number of nitrogens with zero attached hydrogens (tertiary/aromatic N) is 1. The lowest BCUT2D eigenvalue weighted by atomic mass is 10.1. The summed E-state index contributed by atoms with van der Waals surface area (Å²) < 4.78 is 9.67. The Bertz CT molecular complexity index is 912. The number of amides is 1. The van der Waals surface area contributed by atoms with Crippen LogP contribution in [0.1, 0.15) is 15.9 Å². The number of ether oxygens (including phenoxy) is 2. The topological polar surface area (TPSA) is 109 Å². The molecule has 0 unspecified atom stereocenters. The molecule has 2 N–H and O–H groups in total. The van der Waals surface area contributed by atoms with Crippen LogP contribution in [-0.4, -0.2) is 31.2 Å². The van der Waals surface area contributed by atoms with Gasteiger partial charge in [0.1, 0.15) is 11.6 Å². The normalized spacial score (nSPS) is 10.6. The number of phenolic OH excluding ortho intramolecular Hbond substituents is 1. The van der Waals surface area contributed by atoms with Crippen LogP contribution in [0.4, 0.5) is 5.69 Å². The van der Waals surface area contributed by atoms with Crippen molar-refractivity contribution < 1.29 is 24.2 Å². The third-order valence-corrected chi connectivity index (χ3v) is 3.46. The first kappa shape index (κ1) is 18.5. The van der Waals surface area contributed by atoms with Crippen molar-refractivity contribution >= 4 is 23.6 Å². The van der Waals surface area contributed by atoms with E-state index in [1.807, 2.05) is 6.07 Å². The zero-order chi connectivity index (χ0) is 19.1. The van der Waals surface area contributed by atoms with Crippen LogP contribution in [0.3, 0.4) is 0 Å². The summed E-state index contributed by atoms with van der Waals surface area (Å²) in [6, 6.07) is 12.5. The van der Waals surface area contributed by atoms with Gasteiger partial charge in [0.2, 0.25) is 0 Å². The minimum Gasteiger partial charge on any atom is -0.504 e. The number of methoxy groups -OCH3 is 2. The average Bonchev–Trinajstić information content (AvgIpc) is 2.66. The van der Waals surface area contributed by atoms with Crippen LogP contribution >= 0.6 is 0 Å². The van der Waals surface area contributed by atoms with Gasteiger partial charge in [-0.1, -0.05) is 18.2 Å². The van der Waals surface area contributed by atoms with E-state index in [2.05, 4.69) is 10.1 Å². The van der Waals surface area contributed by atoms with Crippen molar-refractivity contribution in [2.45, 2.75) is 0 Å². The van der Waals surface area contributed by atoms with E-state index in [9.17, 15) is 20.0 Å². The molecule has 0 heterocycles. The van der Waals surface area contributed by atoms with Gasteiger partial charge in [0, 0.05) is 0 Å². The van der Waals surface area contributed by atoms with Crippen LogP contribution in [0, 0.1) is 11.3 Å². The van der Waals surface area contributed by atoms with Crippen LogP contribution in [0.5, 0.6) is 11.5 Å². The van der Waals surface area contributed by atoms with Gasteiger partial charge in [-0.05, 0) is 35.9 Å². The second-order valence-corrected chi connectivity index (χ2v) is 5.09. The van der Waals surface area contributed by atoms with Crippen LogP contribution in [0.2, 0.25) is 0 Å². The fraction of sp³-hybridized carbons (Fsp3) is 0.105. The molecular formula is C19H16N2O5. The number of rotatable bonds is 5. The zero-order valence-electron chi connectivity index (χ0n) is 14.1. The smallest absolute Gasteiger partial charge is 0.339 e.